The third kappa shape index (κ3) is 24.9. The molecule has 2 rings (SSSR count). The van der Waals surface area contributed by atoms with E-state index in [1.807, 2.05) is 55.8 Å². The summed E-state index contributed by atoms with van der Waals surface area (Å²) < 4.78 is 46.6. The van der Waals surface area contributed by atoms with Crippen LogP contribution in [0.3, 0.4) is 0 Å². The van der Waals surface area contributed by atoms with Crippen molar-refractivity contribution in [2.45, 2.75) is 46.2 Å². The molecule has 2 N–H and O–H groups in total. The van der Waals surface area contributed by atoms with Gasteiger partial charge in [-0.1, -0.05) is 55.3 Å². The van der Waals surface area contributed by atoms with Crippen LogP contribution < -0.4 is 10.6 Å². The molecule has 2 aromatic rings. The van der Waals surface area contributed by atoms with E-state index < -0.39 is 17.4 Å². The van der Waals surface area contributed by atoms with Crippen LogP contribution in [0.15, 0.2) is 47.1 Å². The second kappa shape index (κ2) is 35.1. The smallest absolute Gasteiger partial charge is 0.273 e. The quantitative estimate of drug-likeness (QED) is 0.0312. The van der Waals surface area contributed by atoms with Gasteiger partial charge >= 0.3 is 0 Å². The molecule has 0 aliphatic heterocycles. The molecule has 2 amide bonds. The number of nitrogens with one attached hydrogen (secondary N) is 2. The van der Waals surface area contributed by atoms with E-state index in [-0.39, 0.29) is 24.8 Å². The number of unbranched alkanes of at least 4 members (excludes halogenated alkanes) is 1. The van der Waals surface area contributed by atoms with Gasteiger partial charge in [-0.15, -0.1) is 6.58 Å². The Bertz CT molecular complexity index is 1570. The van der Waals surface area contributed by atoms with Crippen LogP contribution in [0.5, 0.6) is 0 Å². The Morgan fingerprint density at radius 1 is 0.758 bits per heavy atom. The molecule has 21 nitrogen and oxygen atoms in total. The first-order chi connectivity index (χ1) is 30.2. The summed E-state index contributed by atoms with van der Waals surface area (Å²) in [7, 11) is 0. The van der Waals surface area contributed by atoms with Gasteiger partial charge in [0.1, 0.15) is 6.04 Å². The third-order valence-corrected chi connectivity index (χ3v) is 8.91. The van der Waals surface area contributed by atoms with Crippen LogP contribution in [-0.4, -0.2) is 178 Å². The van der Waals surface area contributed by atoms with E-state index in [0.717, 1.165) is 23.7 Å². The average Bonchev–Trinajstić information content (AvgIpc) is 3.63. The highest BCUT2D eigenvalue weighted by atomic mass is 16.6. The molecular formula is C41H69N11O10. The molecule has 0 saturated carbocycles. The zero-order valence-corrected chi connectivity index (χ0v) is 37.0. The topological polar surface area (TPSA) is 251 Å². The van der Waals surface area contributed by atoms with Gasteiger partial charge in [-0.3, -0.25) is 19.2 Å². The summed E-state index contributed by atoms with van der Waals surface area (Å²) in [4.78, 5) is 34.4. The van der Waals surface area contributed by atoms with Crippen molar-refractivity contribution < 1.29 is 47.5 Å². The number of aromatic nitrogens is 2. The first-order valence-corrected chi connectivity index (χ1v) is 21.2. The van der Waals surface area contributed by atoms with E-state index in [0.29, 0.717) is 138 Å². The summed E-state index contributed by atoms with van der Waals surface area (Å²) >= 11 is 0. The molecule has 0 fully saturated rings. The lowest BCUT2D eigenvalue weighted by Crippen LogP contribution is -2.54. The number of carbonyl (C=O) groups excluding carboxylic acids is 2. The number of nitrogens with zero attached hydrogens (tertiary/aromatic N) is 9. The Morgan fingerprint density at radius 2 is 1.23 bits per heavy atom. The predicted molar refractivity (Wildman–Crippen MR) is 234 cm³/mol. The van der Waals surface area contributed by atoms with E-state index >= 15 is 0 Å². The van der Waals surface area contributed by atoms with Crippen molar-refractivity contribution in [2.24, 2.45) is 15.6 Å². The summed E-state index contributed by atoms with van der Waals surface area (Å²) in [5, 5.41) is 18.0. The minimum Gasteiger partial charge on any atom is -0.379 e. The van der Waals surface area contributed by atoms with Gasteiger partial charge in [-0.25, -0.2) is 0 Å². The van der Waals surface area contributed by atoms with Crippen molar-refractivity contribution in [2.75, 3.05) is 145 Å². The Morgan fingerprint density at radius 3 is 1.71 bits per heavy atom. The Labute approximate surface area is 365 Å². The van der Waals surface area contributed by atoms with E-state index in [1.165, 1.54) is 0 Å². The number of hydrogen-bond donors (Lipinski definition) is 2. The molecule has 0 radical (unpaired) electrons. The minimum absolute atomic E-state index is 0.269. The molecule has 0 aliphatic rings. The summed E-state index contributed by atoms with van der Waals surface area (Å²) in [5.74, 6) is -0.705. The molecule has 348 valence electrons. The maximum absolute atomic E-state index is 13.5. The highest BCUT2D eigenvalue weighted by molar-refractivity contribution is 6.06. The highest BCUT2D eigenvalue weighted by Crippen LogP contribution is 2.23. The van der Waals surface area contributed by atoms with Crippen molar-refractivity contribution in [1.29, 1.82) is 0 Å². The van der Waals surface area contributed by atoms with Crippen LogP contribution in [0.25, 0.3) is 31.8 Å². The fourth-order valence-corrected chi connectivity index (χ4v) is 5.70. The van der Waals surface area contributed by atoms with Crippen LogP contribution in [0.2, 0.25) is 0 Å². The van der Waals surface area contributed by atoms with E-state index in [4.69, 9.17) is 49.0 Å². The standard InChI is InChI=1S/C41H69N11O10/c1-5-6-9-15-52-36-11-8-7-10-35(36)37(48-52)39(53)47-38(41(2,3)4)40(54)44-12-19-55-25-28-58-22-16-51(17-23-59-29-33-61-31-26-56-20-13-45-49-42)18-24-60-30-34-62-32-27-57-21-14-46-50-43/h5,7-8,10-11,38H,1,6,9,12-34H2,2-4H3,(H,44,54)(H,47,53)/t38-/m1/s1. The van der Waals surface area contributed by atoms with Crippen molar-refractivity contribution in [3.63, 3.8) is 0 Å². The number of azide groups is 2. The Balaban J connectivity index is 1.69. The number of rotatable bonds is 40. The molecule has 62 heavy (non-hydrogen) atoms. The second-order valence-corrected chi connectivity index (χ2v) is 14.7. The van der Waals surface area contributed by atoms with Gasteiger partial charge in [0.25, 0.3) is 5.91 Å². The van der Waals surface area contributed by atoms with Gasteiger partial charge in [0.05, 0.1) is 111 Å². The van der Waals surface area contributed by atoms with Crippen LogP contribution in [-0.2, 0) is 49.2 Å². The fraction of sp³-hybridized carbons (Fsp3) is 0.732. The molecule has 1 aromatic carbocycles. The zero-order valence-electron chi connectivity index (χ0n) is 37.0. The number of fused-ring (bicyclic) bond motifs is 1. The summed E-state index contributed by atoms with van der Waals surface area (Å²) in [6.45, 7) is 19.6. The SMILES string of the molecule is C=CCCCn1nc(C(=O)N[C@H](C(=O)NCCOCCOCCN(CCOCCOCCOCCN=[N+]=[N-])CCOCCOCCOCCN=[N+]=[N-])C(C)(C)C)c2ccccc21. The maximum atomic E-state index is 13.5. The van der Waals surface area contributed by atoms with E-state index in [1.54, 1.807) is 0 Å². The first-order valence-electron chi connectivity index (χ1n) is 21.2. The van der Waals surface area contributed by atoms with Crippen molar-refractivity contribution >= 4 is 22.7 Å². The van der Waals surface area contributed by atoms with Crippen LogP contribution in [0.4, 0.5) is 0 Å². The molecule has 1 atom stereocenters. The van der Waals surface area contributed by atoms with Gasteiger partial charge < -0.3 is 48.5 Å². The highest BCUT2D eigenvalue weighted by Gasteiger charge is 2.34. The number of ether oxygens (including phenoxy) is 8. The van der Waals surface area contributed by atoms with Crippen LogP contribution in [0, 0.1) is 5.41 Å². The molecule has 1 aromatic heterocycles. The molecular weight excluding hydrogens is 807 g/mol. The molecule has 0 aliphatic carbocycles. The lowest BCUT2D eigenvalue weighted by atomic mass is 9.86. The third-order valence-electron chi connectivity index (χ3n) is 8.91. The molecule has 0 unspecified atom stereocenters. The number of aryl methyl sites for hydroxylation is 1. The number of allylic oxidation sites excluding steroid dienone is 1. The van der Waals surface area contributed by atoms with Gasteiger partial charge in [-0.2, -0.15) is 5.10 Å². The fourth-order valence-electron chi connectivity index (χ4n) is 5.70. The number of para-hydroxylation sites is 1. The largest absolute Gasteiger partial charge is 0.379 e. The van der Waals surface area contributed by atoms with Gasteiger partial charge in [0.2, 0.25) is 5.91 Å². The predicted octanol–water partition coefficient (Wildman–Crippen LogP) is 4.32. The van der Waals surface area contributed by atoms with E-state index in [9.17, 15) is 9.59 Å². The van der Waals surface area contributed by atoms with E-state index in [2.05, 4.69) is 47.3 Å². The second-order valence-electron chi connectivity index (χ2n) is 14.7. The summed E-state index contributed by atoms with van der Waals surface area (Å²) in [6.07, 6.45) is 3.55. The Kier molecular flexibility index (Phi) is 30.5. The monoisotopic (exact) mass is 876 g/mol. The molecule has 21 heteroatoms. The van der Waals surface area contributed by atoms with Gasteiger partial charge in [-0.05, 0) is 35.4 Å². The summed E-state index contributed by atoms with van der Waals surface area (Å²) in [6, 6.07) is 6.80. The molecule has 0 bridgehead atoms. The number of benzene rings is 1. The molecule has 1 heterocycles. The van der Waals surface area contributed by atoms with Crippen molar-refractivity contribution in [3.05, 3.63) is 63.5 Å². The van der Waals surface area contributed by atoms with Gasteiger partial charge in [0, 0.05) is 61.0 Å². The van der Waals surface area contributed by atoms with Crippen molar-refractivity contribution in [3.8, 4) is 0 Å². The van der Waals surface area contributed by atoms with Crippen molar-refractivity contribution in [1.82, 2.24) is 25.3 Å². The van der Waals surface area contributed by atoms with Crippen LogP contribution >= 0.6 is 0 Å². The normalized spacial score (nSPS) is 11.9. The Hall–Kier alpha value is -4.37. The number of amides is 2. The van der Waals surface area contributed by atoms with Crippen LogP contribution in [0.1, 0.15) is 44.1 Å². The molecule has 0 saturated heterocycles. The number of hydrogen-bond acceptors (Lipinski definition) is 14. The lowest BCUT2D eigenvalue weighted by Gasteiger charge is -2.30. The molecule has 0 spiro atoms. The number of carbonyl (C=O) groups is 2. The minimum atomic E-state index is -0.801. The summed E-state index contributed by atoms with van der Waals surface area (Å²) in [5.41, 5.74) is 17.2. The first kappa shape index (κ1) is 53.8. The zero-order chi connectivity index (χ0) is 44.9. The maximum Gasteiger partial charge on any atom is 0.273 e. The van der Waals surface area contributed by atoms with Gasteiger partial charge in [0.15, 0.2) is 5.69 Å². The average molecular weight is 876 g/mol. The lowest BCUT2D eigenvalue weighted by molar-refractivity contribution is -0.125.